The summed E-state index contributed by atoms with van der Waals surface area (Å²) >= 11 is 0. The van der Waals surface area contributed by atoms with Crippen molar-refractivity contribution in [3.05, 3.63) is 36.6 Å². The van der Waals surface area contributed by atoms with Gasteiger partial charge in [-0.15, -0.1) is 0 Å². The second-order valence-corrected chi connectivity index (χ2v) is 3.59. The first-order chi connectivity index (χ1) is 6.24. The molecule has 1 aliphatic rings. The minimum Gasteiger partial charge on any atom is -0.494 e. The lowest BCUT2D eigenvalue weighted by molar-refractivity contribution is 0.201. The van der Waals surface area contributed by atoms with Gasteiger partial charge in [0, 0.05) is 5.92 Å². The molecule has 1 unspecified atom stereocenters. The van der Waals surface area contributed by atoms with Gasteiger partial charge in [-0.2, -0.15) is 0 Å². The highest BCUT2D eigenvalue weighted by molar-refractivity contribution is 5.08. The third kappa shape index (κ3) is 3.10. The van der Waals surface area contributed by atoms with E-state index >= 15 is 0 Å². The van der Waals surface area contributed by atoms with Crippen molar-refractivity contribution in [2.45, 2.75) is 26.2 Å². The average molecular weight is 178 g/mol. The molecule has 0 fully saturated rings. The summed E-state index contributed by atoms with van der Waals surface area (Å²) in [6, 6.07) is 0. The van der Waals surface area contributed by atoms with E-state index in [0.29, 0.717) is 12.5 Å². The van der Waals surface area contributed by atoms with Crippen LogP contribution in [0.5, 0.6) is 0 Å². The fourth-order valence-corrected chi connectivity index (χ4v) is 1.54. The summed E-state index contributed by atoms with van der Waals surface area (Å²) in [4.78, 5) is 0. The van der Waals surface area contributed by atoms with E-state index in [1.807, 2.05) is 0 Å². The van der Waals surface area contributed by atoms with Gasteiger partial charge in [-0.3, -0.25) is 0 Å². The maximum absolute atomic E-state index is 5.42. The van der Waals surface area contributed by atoms with Crippen molar-refractivity contribution in [2.75, 3.05) is 6.61 Å². The third-order valence-corrected chi connectivity index (χ3v) is 2.48. The summed E-state index contributed by atoms with van der Waals surface area (Å²) in [5, 5.41) is 0. The Morgan fingerprint density at radius 2 is 2.54 bits per heavy atom. The molecule has 0 saturated heterocycles. The van der Waals surface area contributed by atoms with Gasteiger partial charge in [0.2, 0.25) is 0 Å². The van der Waals surface area contributed by atoms with Crippen LogP contribution < -0.4 is 0 Å². The summed E-state index contributed by atoms with van der Waals surface area (Å²) in [6.45, 7) is 10.3. The van der Waals surface area contributed by atoms with E-state index in [1.54, 1.807) is 6.08 Å². The van der Waals surface area contributed by atoms with Gasteiger partial charge in [0.25, 0.3) is 0 Å². The SMILES string of the molecule is C=CCOC(=C)C1CC=C(C)CC1. The van der Waals surface area contributed by atoms with Gasteiger partial charge in [0.05, 0.1) is 5.76 Å². The molecule has 72 valence electrons. The molecule has 0 N–H and O–H groups in total. The summed E-state index contributed by atoms with van der Waals surface area (Å²) in [5.74, 6) is 1.44. The lowest BCUT2D eigenvalue weighted by atomic mass is 9.89. The van der Waals surface area contributed by atoms with Crippen LogP contribution >= 0.6 is 0 Å². The Hall–Kier alpha value is -0.980. The molecule has 1 atom stereocenters. The van der Waals surface area contributed by atoms with Crippen LogP contribution in [0.25, 0.3) is 0 Å². The highest BCUT2D eigenvalue weighted by Crippen LogP contribution is 2.28. The molecule has 1 aliphatic carbocycles. The van der Waals surface area contributed by atoms with Gasteiger partial charge in [-0.1, -0.05) is 30.9 Å². The third-order valence-electron chi connectivity index (χ3n) is 2.48. The number of hydrogen-bond donors (Lipinski definition) is 0. The lowest BCUT2D eigenvalue weighted by Crippen LogP contribution is -2.09. The van der Waals surface area contributed by atoms with Crippen LogP contribution in [0.1, 0.15) is 26.2 Å². The van der Waals surface area contributed by atoms with E-state index in [9.17, 15) is 0 Å². The first kappa shape index (κ1) is 10.1. The van der Waals surface area contributed by atoms with E-state index in [-0.39, 0.29) is 0 Å². The van der Waals surface area contributed by atoms with E-state index in [2.05, 4.69) is 26.2 Å². The number of hydrogen-bond acceptors (Lipinski definition) is 1. The molecule has 1 rings (SSSR count). The highest BCUT2D eigenvalue weighted by atomic mass is 16.5. The van der Waals surface area contributed by atoms with Gasteiger partial charge in [0.1, 0.15) is 6.61 Å². The lowest BCUT2D eigenvalue weighted by Gasteiger charge is -2.22. The summed E-state index contributed by atoms with van der Waals surface area (Å²) in [7, 11) is 0. The standard InChI is InChI=1S/C12H18O/c1-4-9-13-11(3)12-7-5-10(2)6-8-12/h4-5,12H,1,3,6-9H2,2H3. The zero-order valence-electron chi connectivity index (χ0n) is 8.38. The molecular weight excluding hydrogens is 160 g/mol. The zero-order valence-corrected chi connectivity index (χ0v) is 8.38. The molecule has 0 spiro atoms. The van der Waals surface area contributed by atoms with E-state index < -0.39 is 0 Å². The fourth-order valence-electron chi connectivity index (χ4n) is 1.54. The molecule has 0 amide bonds. The minimum atomic E-state index is 0.517. The van der Waals surface area contributed by atoms with Crippen LogP contribution in [0.15, 0.2) is 36.6 Å². The molecule has 0 bridgehead atoms. The van der Waals surface area contributed by atoms with Crippen LogP contribution in [0.4, 0.5) is 0 Å². The van der Waals surface area contributed by atoms with Gasteiger partial charge in [-0.05, 0) is 26.2 Å². The molecule has 1 nitrogen and oxygen atoms in total. The Morgan fingerprint density at radius 1 is 1.77 bits per heavy atom. The Labute approximate surface area is 80.8 Å². The number of ether oxygens (including phenoxy) is 1. The first-order valence-corrected chi connectivity index (χ1v) is 4.82. The van der Waals surface area contributed by atoms with Gasteiger partial charge >= 0.3 is 0 Å². The second kappa shape index (κ2) is 4.90. The summed E-state index contributed by atoms with van der Waals surface area (Å²) in [6.07, 6.45) is 7.49. The molecule has 13 heavy (non-hydrogen) atoms. The van der Waals surface area contributed by atoms with Crippen molar-refractivity contribution >= 4 is 0 Å². The molecule has 0 radical (unpaired) electrons. The Balaban J connectivity index is 2.36. The molecule has 0 aliphatic heterocycles. The zero-order chi connectivity index (χ0) is 9.68. The monoisotopic (exact) mass is 178 g/mol. The van der Waals surface area contributed by atoms with Crippen LogP contribution in [-0.2, 0) is 4.74 Å². The quantitative estimate of drug-likeness (QED) is 0.473. The predicted molar refractivity (Wildman–Crippen MR) is 56.4 cm³/mol. The fraction of sp³-hybridized carbons (Fsp3) is 0.500. The smallest absolute Gasteiger partial charge is 0.106 e. The van der Waals surface area contributed by atoms with E-state index in [1.165, 1.54) is 18.4 Å². The predicted octanol–water partition coefficient (Wildman–Crippen LogP) is 3.45. The summed E-state index contributed by atoms with van der Waals surface area (Å²) in [5.41, 5.74) is 1.49. The Kier molecular flexibility index (Phi) is 3.81. The van der Waals surface area contributed by atoms with E-state index in [4.69, 9.17) is 4.74 Å². The van der Waals surface area contributed by atoms with Crippen molar-refractivity contribution in [1.29, 1.82) is 0 Å². The number of rotatable bonds is 4. The average Bonchev–Trinajstić information content (AvgIpc) is 2.15. The minimum absolute atomic E-state index is 0.517. The van der Waals surface area contributed by atoms with E-state index in [0.717, 1.165) is 12.2 Å². The van der Waals surface area contributed by atoms with Gasteiger partial charge in [0.15, 0.2) is 0 Å². The first-order valence-electron chi connectivity index (χ1n) is 4.82. The molecule has 0 aromatic carbocycles. The molecule has 0 saturated carbocycles. The normalized spacial score (nSPS) is 21.9. The largest absolute Gasteiger partial charge is 0.494 e. The van der Waals surface area contributed by atoms with Gasteiger partial charge < -0.3 is 4.74 Å². The van der Waals surface area contributed by atoms with Crippen molar-refractivity contribution < 1.29 is 4.74 Å². The second-order valence-electron chi connectivity index (χ2n) is 3.59. The molecule has 0 heterocycles. The van der Waals surface area contributed by atoms with Crippen molar-refractivity contribution in [3.63, 3.8) is 0 Å². The van der Waals surface area contributed by atoms with Crippen molar-refractivity contribution in [3.8, 4) is 0 Å². The molecular formula is C12H18O. The van der Waals surface area contributed by atoms with Crippen LogP contribution in [-0.4, -0.2) is 6.61 Å². The van der Waals surface area contributed by atoms with Gasteiger partial charge in [-0.25, -0.2) is 0 Å². The van der Waals surface area contributed by atoms with Crippen LogP contribution in [0.3, 0.4) is 0 Å². The molecule has 1 heteroatoms. The van der Waals surface area contributed by atoms with Crippen LogP contribution in [0.2, 0.25) is 0 Å². The Morgan fingerprint density at radius 3 is 3.08 bits per heavy atom. The highest BCUT2D eigenvalue weighted by Gasteiger charge is 2.16. The maximum Gasteiger partial charge on any atom is 0.106 e. The van der Waals surface area contributed by atoms with Crippen molar-refractivity contribution in [1.82, 2.24) is 0 Å². The van der Waals surface area contributed by atoms with Crippen LogP contribution in [0, 0.1) is 5.92 Å². The topological polar surface area (TPSA) is 9.23 Å². The number of allylic oxidation sites excluding steroid dienone is 3. The molecule has 0 aromatic heterocycles. The maximum atomic E-state index is 5.42. The van der Waals surface area contributed by atoms with Crippen molar-refractivity contribution in [2.24, 2.45) is 5.92 Å². The Bertz CT molecular complexity index is 225. The molecule has 0 aromatic rings. The summed E-state index contributed by atoms with van der Waals surface area (Å²) < 4.78 is 5.42.